The third kappa shape index (κ3) is 4.53. The van der Waals surface area contributed by atoms with Crippen molar-refractivity contribution in [1.82, 2.24) is 15.1 Å². The van der Waals surface area contributed by atoms with Gasteiger partial charge in [0.2, 0.25) is 0 Å². The Morgan fingerprint density at radius 1 is 1.11 bits per heavy atom. The maximum atomic E-state index is 12.1. The SMILES string of the molecule is Cc1ccccc1CNC(=O)Nc1cnn(-c2ccccc2S(C)(=O)=O)c1. The van der Waals surface area contributed by atoms with Crippen molar-refractivity contribution in [1.29, 1.82) is 0 Å². The van der Waals surface area contributed by atoms with Crippen LogP contribution in [0.3, 0.4) is 0 Å². The van der Waals surface area contributed by atoms with Crippen LogP contribution >= 0.6 is 0 Å². The van der Waals surface area contributed by atoms with Crippen LogP contribution in [0, 0.1) is 6.92 Å². The lowest BCUT2D eigenvalue weighted by atomic mass is 10.1. The predicted octanol–water partition coefficient (Wildman–Crippen LogP) is 2.91. The Morgan fingerprint density at radius 3 is 2.56 bits per heavy atom. The second-order valence-corrected chi connectivity index (χ2v) is 8.13. The summed E-state index contributed by atoms with van der Waals surface area (Å²) in [5.74, 6) is 0. The van der Waals surface area contributed by atoms with Crippen molar-refractivity contribution in [2.24, 2.45) is 0 Å². The standard InChI is InChI=1S/C19H20N4O3S/c1-14-7-3-4-8-15(14)11-20-19(24)22-16-12-21-23(13-16)17-9-5-6-10-18(17)27(2,25)26/h3-10,12-13H,11H2,1-2H3,(H2,20,22,24). The molecule has 0 radical (unpaired) electrons. The lowest BCUT2D eigenvalue weighted by Crippen LogP contribution is -2.28. The lowest BCUT2D eigenvalue weighted by Gasteiger charge is -2.08. The van der Waals surface area contributed by atoms with E-state index >= 15 is 0 Å². The zero-order valence-electron chi connectivity index (χ0n) is 15.0. The molecule has 0 aliphatic rings. The summed E-state index contributed by atoms with van der Waals surface area (Å²) in [5.41, 5.74) is 3.02. The predicted molar refractivity (Wildman–Crippen MR) is 104 cm³/mol. The number of hydrogen-bond donors (Lipinski definition) is 2. The van der Waals surface area contributed by atoms with Gasteiger partial charge in [0, 0.05) is 12.8 Å². The first-order valence-corrected chi connectivity index (χ1v) is 10.2. The molecular formula is C19H20N4O3S. The van der Waals surface area contributed by atoms with Gasteiger partial charge in [-0.3, -0.25) is 0 Å². The number of urea groups is 1. The molecule has 0 unspecified atom stereocenters. The molecule has 2 amide bonds. The van der Waals surface area contributed by atoms with Crippen molar-refractivity contribution in [2.45, 2.75) is 18.4 Å². The van der Waals surface area contributed by atoms with Gasteiger partial charge in [-0.1, -0.05) is 36.4 Å². The Hall–Kier alpha value is -3.13. The summed E-state index contributed by atoms with van der Waals surface area (Å²) < 4.78 is 25.3. The molecule has 0 bridgehead atoms. The molecule has 3 aromatic rings. The minimum atomic E-state index is -3.40. The Bertz CT molecular complexity index is 1070. The number of para-hydroxylation sites is 1. The van der Waals surface area contributed by atoms with Crippen molar-refractivity contribution in [3.63, 3.8) is 0 Å². The van der Waals surface area contributed by atoms with Gasteiger partial charge < -0.3 is 10.6 Å². The van der Waals surface area contributed by atoms with Crippen LogP contribution in [-0.2, 0) is 16.4 Å². The van der Waals surface area contributed by atoms with Gasteiger partial charge in [0.25, 0.3) is 0 Å². The summed E-state index contributed by atoms with van der Waals surface area (Å²) in [6.45, 7) is 2.39. The summed E-state index contributed by atoms with van der Waals surface area (Å²) in [5, 5.41) is 9.64. The van der Waals surface area contributed by atoms with E-state index in [2.05, 4.69) is 15.7 Å². The Labute approximate surface area is 157 Å². The van der Waals surface area contributed by atoms with Crippen molar-refractivity contribution in [3.05, 3.63) is 72.1 Å². The van der Waals surface area contributed by atoms with Crippen molar-refractivity contribution in [3.8, 4) is 5.69 Å². The highest BCUT2D eigenvalue weighted by atomic mass is 32.2. The third-order valence-corrected chi connectivity index (χ3v) is 5.20. The molecule has 0 fully saturated rings. The molecule has 7 nitrogen and oxygen atoms in total. The van der Waals surface area contributed by atoms with Gasteiger partial charge in [-0.05, 0) is 30.2 Å². The summed E-state index contributed by atoms with van der Waals surface area (Å²) in [6, 6.07) is 14.0. The Kier molecular flexibility index (Phi) is 5.27. The van der Waals surface area contributed by atoms with Crippen molar-refractivity contribution in [2.75, 3.05) is 11.6 Å². The van der Waals surface area contributed by atoms with Crippen LogP contribution in [0.5, 0.6) is 0 Å². The van der Waals surface area contributed by atoms with Gasteiger partial charge in [-0.2, -0.15) is 5.10 Å². The number of rotatable bonds is 5. The smallest absolute Gasteiger partial charge is 0.319 e. The highest BCUT2D eigenvalue weighted by Gasteiger charge is 2.15. The second kappa shape index (κ2) is 7.63. The maximum Gasteiger partial charge on any atom is 0.319 e. The summed E-state index contributed by atoms with van der Waals surface area (Å²) in [7, 11) is -3.40. The van der Waals surface area contributed by atoms with Crippen LogP contribution in [0.15, 0.2) is 65.8 Å². The van der Waals surface area contributed by atoms with Crippen LogP contribution in [0.25, 0.3) is 5.69 Å². The molecule has 1 heterocycles. The fourth-order valence-electron chi connectivity index (χ4n) is 2.64. The Morgan fingerprint density at radius 2 is 1.81 bits per heavy atom. The first-order chi connectivity index (χ1) is 12.8. The molecule has 0 aliphatic heterocycles. The number of aromatic nitrogens is 2. The minimum absolute atomic E-state index is 0.170. The van der Waals surface area contributed by atoms with E-state index in [1.54, 1.807) is 24.4 Å². The summed E-state index contributed by atoms with van der Waals surface area (Å²) >= 11 is 0. The van der Waals surface area contributed by atoms with Crippen LogP contribution in [0.4, 0.5) is 10.5 Å². The fourth-order valence-corrected chi connectivity index (χ4v) is 3.51. The quantitative estimate of drug-likeness (QED) is 0.707. The average molecular weight is 384 g/mol. The molecule has 27 heavy (non-hydrogen) atoms. The van der Waals surface area contributed by atoms with Crippen molar-refractivity contribution < 1.29 is 13.2 Å². The van der Waals surface area contributed by atoms with Gasteiger partial charge in [-0.15, -0.1) is 0 Å². The van der Waals surface area contributed by atoms with E-state index in [1.807, 2.05) is 31.2 Å². The molecule has 2 N–H and O–H groups in total. The van der Waals surface area contributed by atoms with E-state index in [9.17, 15) is 13.2 Å². The molecule has 3 rings (SSSR count). The van der Waals surface area contributed by atoms with E-state index in [0.29, 0.717) is 17.9 Å². The zero-order chi connectivity index (χ0) is 19.4. The first-order valence-electron chi connectivity index (χ1n) is 8.28. The summed E-state index contributed by atoms with van der Waals surface area (Å²) in [4.78, 5) is 12.3. The molecule has 0 spiro atoms. The number of nitrogens with zero attached hydrogens (tertiary/aromatic N) is 2. The van der Waals surface area contributed by atoms with E-state index in [-0.39, 0.29) is 10.9 Å². The largest absolute Gasteiger partial charge is 0.334 e. The zero-order valence-corrected chi connectivity index (χ0v) is 15.8. The number of benzene rings is 2. The van der Waals surface area contributed by atoms with E-state index in [4.69, 9.17) is 0 Å². The third-order valence-electron chi connectivity index (χ3n) is 4.05. The number of aryl methyl sites for hydroxylation is 1. The van der Waals surface area contributed by atoms with Gasteiger partial charge >= 0.3 is 6.03 Å². The number of nitrogens with one attached hydrogen (secondary N) is 2. The van der Waals surface area contributed by atoms with Gasteiger partial charge in [0.05, 0.1) is 28.7 Å². The minimum Gasteiger partial charge on any atom is -0.334 e. The summed E-state index contributed by atoms with van der Waals surface area (Å²) in [6.07, 6.45) is 4.18. The van der Waals surface area contributed by atoms with Gasteiger partial charge in [0.15, 0.2) is 9.84 Å². The maximum absolute atomic E-state index is 12.1. The molecule has 1 aromatic heterocycles. The lowest BCUT2D eigenvalue weighted by molar-refractivity contribution is 0.251. The molecule has 0 saturated carbocycles. The van der Waals surface area contributed by atoms with Crippen LogP contribution in [0.1, 0.15) is 11.1 Å². The van der Waals surface area contributed by atoms with E-state index in [1.165, 1.54) is 16.9 Å². The number of anilines is 1. The van der Waals surface area contributed by atoms with Gasteiger partial charge in [-0.25, -0.2) is 17.9 Å². The van der Waals surface area contributed by atoms with E-state index in [0.717, 1.165) is 17.4 Å². The number of carbonyl (C=O) groups excluding carboxylic acids is 1. The number of amides is 2. The molecule has 8 heteroatoms. The monoisotopic (exact) mass is 384 g/mol. The van der Waals surface area contributed by atoms with Crippen LogP contribution in [-0.4, -0.2) is 30.5 Å². The molecule has 0 saturated heterocycles. The normalized spacial score (nSPS) is 11.2. The van der Waals surface area contributed by atoms with Crippen LogP contribution in [0.2, 0.25) is 0 Å². The molecule has 2 aromatic carbocycles. The number of carbonyl (C=O) groups is 1. The fraction of sp³-hybridized carbons (Fsp3) is 0.158. The highest BCUT2D eigenvalue weighted by Crippen LogP contribution is 2.20. The van der Waals surface area contributed by atoms with Crippen LogP contribution < -0.4 is 10.6 Å². The number of sulfone groups is 1. The molecule has 0 aliphatic carbocycles. The van der Waals surface area contributed by atoms with Crippen molar-refractivity contribution >= 4 is 21.6 Å². The van der Waals surface area contributed by atoms with Gasteiger partial charge in [0.1, 0.15) is 0 Å². The number of hydrogen-bond acceptors (Lipinski definition) is 4. The average Bonchev–Trinajstić information content (AvgIpc) is 3.08. The Balaban J connectivity index is 1.70. The topological polar surface area (TPSA) is 93.1 Å². The highest BCUT2D eigenvalue weighted by molar-refractivity contribution is 7.90. The molecule has 140 valence electrons. The first kappa shape index (κ1) is 18.7. The molecule has 0 atom stereocenters. The van der Waals surface area contributed by atoms with E-state index < -0.39 is 9.84 Å². The second-order valence-electron chi connectivity index (χ2n) is 6.15. The molecular weight excluding hydrogens is 364 g/mol.